The number of ether oxygens (including phenoxy) is 1. The molecule has 4 aromatic rings. The summed E-state index contributed by atoms with van der Waals surface area (Å²) >= 11 is 0. The fourth-order valence-electron chi connectivity index (χ4n) is 2.76. The van der Waals surface area contributed by atoms with Gasteiger partial charge in [-0.2, -0.15) is 0 Å². The summed E-state index contributed by atoms with van der Waals surface area (Å²) in [7, 11) is 0. The first kappa shape index (κ1) is 18.4. The molecule has 2 aromatic carbocycles. The highest BCUT2D eigenvalue weighted by atomic mass is 16.5. The largest absolute Gasteiger partial charge is 0.460 e. The Morgan fingerprint density at radius 2 is 1.69 bits per heavy atom. The molecule has 7 nitrogen and oxygen atoms in total. The molecule has 4 rings (SSSR count). The lowest BCUT2D eigenvalue weighted by Gasteiger charge is -2.08. The van der Waals surface area contributed by atoms with Crippen molar-refractivity contribution in [2.45, 2.75) is 0 Å². The predicted octanol–water partition coefficient (Wildman–Crippen LogP) is 4.07. The molecule has 0 saturated carbocycles. The van der Waals surface area contributed by atoms with Gasteiger partial charge in [0.1, 0.15) is 6.61 Å². The monoisotopic (exact) mass is 386 g/mol. The van der Waals surface area contributed by atoms with Crippen LogP contribution in [0, 0.1) is 0 Å². The summed E-state index contributed by atoms with van der Waals surface area (Å²) < 4.78 is 11.3. The first-order chi connectivity index (χ1) is 14.3. The van der Waals surface area contributed by atoms with Crippen molar-refractivity contribution in [2.75, 3.05) is 18.5 Å². The van der Waals surface area contributed by atoms with Crippen molar-refractivity contribution in [3.8, 4) is 22.8 Å². The van der Waals surface area contributed by atoms with E-state index in [9.17, 15) is 4.79 Å². The maximum atomic E-state index is 12.6. The van der Waals surface area contributed by atoms with Crippen LogP contribution in [0.3, 0.4) is 0 Å². The topological polar surface area (TPSA) is 90.1 Å². The molecule has 1 N–H and O–H groups in total. The van der Waals surface area contributed by atoms with Gasteiger partial charge < -0.3 is 14.5 Å². The van der Waals surface area contributed by atoms with Gasteiger partial charge in [0.2, 0.25) is 11.8 Å². The van der Waals surface area contributed by atoms with E-state index in [4.69, 9.17) is 9.15 Å². The Hall–Kier alpha value is -4.00. The van der Waals surface area contributed by atoms with E-state index >= 15 is 0 Å². The highest BCUT2D eigenvalue weighted by Crippen LogP contribution is 2.28. The van der Waals surface area contributed by atoms with Crippen LogP contribution in [0.4, 0.5) is 5.95 Å². The molecule has 0 atom stereocenters. The third-order valence-corrected chi connectivity index (χ3v) is 4.13. The molecular weight excluding hydrogens is 368 g/mol. The Morgan fingerprint density at radius 1 is 0.931 bits per heavy atom. The van der Waals surface area contributed by atoms with Gasteiger partial charge in [-0.1, -0.05) is 42.5 Å². The zero-order valence-electron chi connectivity index (χ0n) is 15.5. The number of oxazole rings is 1. The highest BCUT2D eigenvalue weighted by Gasteiger charge is 2.18. The number of carbonyl (C=O) groups is 1. The van der Waals surface area contributed by atoms with Gasteiger partial charge in [-0.3, -0.25) is 0 Å². The van der Waals surface area contributed by atoms with Gasteiger partial charge in [0.15, 0.2) is 5.76 Å². The fourth-order valence-corrected chi connectivity index (χ4v) is 2.76. The number of hydrogen-bond donors (Lipinski definition) is 1. The summed E-state index contributed by atoms with van der Waals surface area (Å²) in [6.07, 6.45) is 4.92. The van der Waals surface area contributed by atoms with Gasteiger partial charge >= 0.3 is 5.97 Å². The number of nitrogens with zero attached hydrogens (tertiary/aromatic N) is 3. The molecule has 0 aliphatic rings. The number of nitrogens with one attached hydrogen (secondary N) is 1. The standard InChI is InChI=1S/C22H18N4O3/c27-21(28-14-13-25-22-23-11-6-12-24-22)18-10-5-4-9-17(18)20-26-15-19(29-20)16-7-2-1-3-8-16/h1-12,15H,13-14H2,(H,23,24,25). The first-order valence-electron chi connectivity index (χ1n) is 9.10. The molecule has 144 valence electrons. The minimum absolute atomic E-state index is 0.173. The second-order valence-electron chi connectivity index (χ2n) is 6.08. The van der Waals surface area contributed by atoms with Crippen LogP contribution in [0.15, 0.2) is 83.7 Å². The number of benzene rings is 2. The summed E-state index contributed by atoms with van der Waals surface area (Å²) in [6.45, 7) is 0.571. The molecule has 0 unspecified atom stereocenters. The molecule has 29 heavy (non-hydrogen) atoms. The van der Waals surface area contributed by atoms with Crippen molar-refractivity contribution in [1.29, 1.82) is 0 Å². The molecule has 0 saturated heterocycles. The van der Waals surface area contributed by atoms with Crippen molar-refractivity contribution < 1.29 is 13.9 Å². The Bertz CT molecular complexity index is 1080. The van der Waals surface area contributed by atoms with E-state index < -0.39 is 5.97 Å². The number of esters is 1. The Labute approximate surface area is 167 Å². The molecule has 0 aliphatic carbocycles. The van der Waals surface area contributed by atoms with Crippen molar-refractivity contribution in [3.05, 3.63) is 84.8 Å². The molecule has 0 spiro atoms. The third-order valence-electron chi connectivity index (χ3n) is 4.13. The van der Waals surface area contributed by atoms with Crippen molar-refractivity contribution in [2.24, 2.45) is 0 Å². The summed E-state index contributed by atoms with van der Waals surface area (Å²) in [6, 6.07) is 18.5. The van der Waals surface area contributed by atoms with Gasteiger partial charge in [-0.25, -0.2) is 19.7 Å². The zero-order valence-corrected chi connectivity index (χ0v) is 15.5. The number of hydrogen-bond acceptors (Lipinski definition) is 7. The van der Waals surface area contributed by atoms with Gasteiger partial charge in [0.25, 0.3) is 0 Å². The van der Waals surface area contributed by atoms with Crippen LogP contribution in [0.1, 0.15) is 10.4 Å². The second-order valence-corrected chi connectivity index (χ2v) is 6.08. The summed E-state index contributed by atoms with van der Waals surface area (Å²) in [5.74, 6) is 1.04. The van der Waals surface area contributed by atoms with E-state index in [2.05, 4.69) is 20.3 Å². The molecule has 2 aromatic heterocycles. The van der Waals surface area contributed by atoms with Crippen LogP contribution < -0.4 is 5.32 Å². The Kier molecular flexibility index (Phi) is 5.57. The van der Waals surface area contributed by atoms with Crippen molar-refractivity contribution in [1.82, 2.24) is 15.0 Å². The first-order valence-corrected chi connectivity index (χ1v) is 9.10. The van der Waals surface area contributed by atoms with Gasteiger partial charge in [-0.15, -0.1) is 0 Å². The molecule has 0 radical (unpaired) electrons. The minimum Gasteiger partial charge on any atom is -0.460 e. The number of rotatable bonds is 7. The molecule has 0 aliphatic heterocycles. The average molecular weight is 386 g/mol. The minimum atomic E-state index is -0.448. The van der Waals surface area contributed by atoms with E-state index in [1.54, 1.807) is 42.9 Å². The number of carbonyl (C=O) groups excluding carboxylic acids is 1. The molecule has 0 bridgehead atoms. The third kappa shape index (κ3) is 4.47. The molecular formula is C22H18N4O3. The Balaban J connectivity index is 1.44. The fraction of sp³-hybridized carbons (Fsp3) is 0.0909. The van der Waals surface area contributed by atoms with E-state index in [1.165, 1.54) is 0 Å². The van der Waals surface area contributed by atoms with Crippen LogP contribution >= 0.6 is 0 Å². The lowest BCUT2D eigenvalue weighted by atomic mass is 10.1. The molecule has 0 fully saturated rings. The molecule has 7 heteroatoms. The van der Waals surface area contributed by atoms with E-state index in [0.717, 1.165) is 5.56 Å². The Morgan fingerprint density at radius 3 is 2.52 bits per heavy atom. The average Bonchev–Trinajstić information content (AvgIpc) is 3.28. The maximum Gasteiger partial charge on any atom is 0.339 e. The quantitative estimate of drug-likeness (QED) is 0.378. The normalized spacial score (nSPS) is 10.5. The van der Waals surface area contributed by atoms with E-state index in [1.807, 2.05) is 36.4 Å². The highest BCUT2D eigenvalue weighted by molar-refractivity contribution is 5.96. The predicted molar refractivity (Wildman–Crippen MR) is 108 cm³/mol. The number of anilines is 1. The van der Waals surface area contributed by atoms with Gasteiger partial charge in [0, 0.05) is 18.0 Å². The van der Waals surface area contributed by atoms with Crippen LogP contribution in [0.25, 0.3) is 22.8 Å². The molecule has 0 amide bonds. The lowest BCUT2D eigenvalue weighted by Crippen LogP contribution is -2.15. The van der Waals surface area contributed by atoms with Crippen LogP contribution in [-0.4, -0.2) is 34.1 Å². The smallest absolute Gasteiger partial charge is 0.339 e. The summed E-state index contributed by atoms with van der Waals surface area (Å²) in [4.78, 5) is 25.0. The number of aromatic nitrogens is 3. The summed E-state index contributed by atoms with van der Waals surface area (Å²) in [5.41, 5.74) is 1.89. The van der Waals surface area contributed by atoms with E-state index in [-0.39, 0.29) is 6.61 Å². The van der Waals surface area contributed by atoms with Crippen molar-refractivity contribution in [3.63, 3.8) is 0 Å². The van der Waals surface area contributed by atoms with E-state index in [0.29, 0.717) is 35.3 Å². The maximum absolute atomic E-state index is 12.6. The van der Waals surface area contributed by atoms with Crippen LogP contribution in [0.2, 0.25) is 0 Å². The lowest BCUT2D eigenvalue weighted by molar-refractivity contribution is 0.0521. The van der Waals surface area contributed by atoms with Crippen LogP contribution in [-0.2, 0) is 4.74 Å². The summed E-state index contributed by atoms with van der Waals surface area (Å²) in [5, 5.41) is 2.99. The van der Waals surface area contributed by atoms with Crippen molar-refractivity contribution >= 4 is 11.9 Å². The zero-order chi connectivity index (χ0) is 19.9. The second kappa shape index (κ2) is 8.79. The molecule has 2 heterocycles. The van der Waals surface area contributed by atoms with Crippen LogP contribution in [0.5, 0.6) is 0 Å². The van der Waals surface area contributed by atoms with Gasteiger partial charge in [-0.05, 0) is 18.2 Å². The van der Waals surface area contributed by atoms with Gasteiger partial charge in [0.05, 0.1) is 23.9 Å². The SMILES string of the molecule is O=C(OCCNc1ncccn1)c1ccccc1-c1ncc(-c2ccccc2)o1.